The number of nitrogens with zero attached hydrogens (tertiary/aromatic N) is 3. The summed E-state index contributed by atoms with van der Waals surface area (Å²) in [6, 6.07) is 9.37. The summed E-state index contributed by atoms with van der Waals surface area (Å²) >= 11 is 5.85. The van der Waals surface area contributed by atoms with Crippen LogP contribution < -0.4 is 5.32 Å². The number of amides is 1. The van der Waals surface area contributed by atoms with Gasteiger partial charge in [-0.2, -0.15) is 18.3 Å². The zero-order valence-electron chi connectivity index (χ0n) is 13.9. The molecule has 0 bridgehead atoms. The molecule has 1 amide bonds. The first kappa shape index (κ1) is 18.9. The number of carbonyl (C=O) groups is 1. The van der Waals surface area contributed by atoms with Crippen LogP contribution in [0.3, 0.4) is 0 Å². The predicted molar refractivity (Wildman–Crippen MR) is 93.9 cm³/mol. The lowest BCUT2D eigenvalue weighted by atomic mass is 10.2. The Morgan fingerprint density at radius 1 is 1.19 bits per heavy atom. The van der Waals surface area contributed by atoms with Gasteiger partial charge in [-0.05, 0) is 36.2 Å². The van der Waals surface area contributed by atoms with Crippen LogP contribution in [0.25, 0.3) is 5.69 Å². The molecule has 3 aromatic rings. The van der Waals surface area contributed by atoms with Gasteiger partial charge in [0, 0.05) is 24.0 Å². The van der Waals surface area contributed by atoms with E-state index in [-0.39, 0.29) is 17.3 Å². The van der Waals surface area contributed by atoms with Crippen molar-refractivity contribution in [2.24, 2.45) is 0 Å². The second-order valence-corrected chi connectivity index (χ2v) is 6.10. The molecule has 27 heavy (non-hydrogen) atoms. The van der Waals surface area contributed by atoms with Crippen LogP contribution >= 0.6 is 11.6 Å². The van der Waals surface area contributed by atoms with Crippen LogP contribution in [0.2, 0.25) is 5.02 Å². The number of hydrogen-bond donors (Lipinski definition) is 1. The summed E-state index contributed by atoms with van der Waals surface area (Å²) in [5, 5.41) is 6.50. The van der Waals surface area contributed by atoms with Gasteiger partial charge in [0.1, 0.15) is 0 Å². The molecule has 0 atom stereocenters. The van der Waals surface area contributed by atoms with E-state index < -0.39 is 23.3 Å². The van der Waals surface area contributed by atoms with E-state index in [1.165, 1.54) is 24.3 Å². The van der Waals surface area contributed by atoms with Crippen molar-refractivity contribution in [2.75, 3.05) is 6.54 Å². The number of hydrogen-bond acceptors (Lipinski definition) is 3. The predicted octanol–water partition coefficient (Wildman–Crippen LogP) is 3.91. The summed E-state index contributed by atoms with van der Waals surface area (Å²) < 4.78 is 41.4. The van der Waals surface area contributed by atoms with Gasteiger partial charge in [-0.25, -0.2) is 4.68 Å². The first-order valence-electron chi connectivity index (χ1n) is 7.94. The van der Waals surface area contributed by atoms with E-state index in [0.29, 0.717) is 11.1 Å². The summed E-state index contributed by atoms with van der Waals surface area (Å²) in [6.07, 6.45) is -0.173. The Kier molecular flexibility index (Phi) is 5.46. The molecule has 0 aliphatic carbocycles. The Labute approximate surface area is 157 Å². The summed E-state index contributed by atoms with van der Waals surface area (Å²) in [5.41, 5.74) is -0.718. The van der Waals surface area contributed by atoms with Crippen LogP contribution in [-0.2, 0) is 12.6 Å². The molecule has 0 fully saturated rings. The first-order chi connectivity index (χ1) is 12.9. The maximum absolute atomic E-state index is 13.6. The van der Waals surface area contributed by atoms with Gasteiger partial charge < -0.3 is 5.32 Å². The molecule has 1 aromatic carbocycles. The molecule has 5 nitrogen and oxygen atoms in total. The molecular weight excluding hydrogens is 381 g/mol. The Hall–Kier alpha value is -2.87. The van der Waals surface area contributed by atoms with Gasteiger partial charge in [-0.3, -0.25) is 9.78 Å². The van der Waals surface area contributed by atoms with Crippen molar-refractivity contribution < 1.29 is 18.0 Å². The second-order valence-electron chi connectivity index (χ2n) is 5.66. The lowest BCUT2D eigenvalue weighted by Gasteiger charge is -2.13. The summed E-state index contributed by atoms with van der Waals surface area (Å²) in [6.45, 7) is 0.171. The molecule has 2 heterocycles. The number of pyridine rings is 1. The molecule has 0 radical (unpaired) electrons. The Balaban J connectivity index is 1.83. The number of benzene rings is 1. The first-order valence-corrected chi connectivity index (χ1v) is 8.32. The Bertz CT molecular complexity index is 941. The van der Waals surface area contributed by atoms with Crippen molar-refractivity contribution >= 4 is 17.5 Å². The van der Waals surface area contributed by atoms with Crippen molar-refractivity contribution in [1.82, 2.24) is 20.1 Å². The van der Waals surface area contributed by atoms with Crippen molar-refractivity contribution in [3.8, 4) is 5.69 Å². The monoisotopic (exact) mass is 394 g/mol. The molecule has 0 aliphatic heterocycles. The summed E-state index contributed by atoms with van der Waals surface area (Å²) in [4.78, 5) is 16.3. The lowest BCUT2D eigenvalue weighted by Crippen LogP contribution is -2.28. The molecule has 0 spiro atoms. The second kappa shape index (κ2) is 7.79. The highest BCUT2D eigenvalue weighted by atomic mass is 35.5. The highest BCUT2D eigenvalue weighted by Gasteiger charge is 2.40. The molecule has 1 N–H and O–H groups in total. The fraction of sp³-hybridized carbons (Fsp3) is 0.167. The highest BCUT2D eigenvalue weighted by Crippen LogP contribution is 2.34. The number of aromatic nitrogens is 3. The van der Waals surface area contributed by atoms with Crippen LogP contribution in [0, 0.1) is 0 Å². The fourth-order valence-corrected chi connectivity index (χ4v) is 2.74. The molecule has 0 saturated heterocycles. The molecular formula is C18H14ClF3N4O. The largest absolute Gasteiger partial charge is 0.434 e. The molecule has 2 aromatic heterocycles. The number of nitrogens with one attached hydrogen (secondary N) is 1. The van der Waals surface area contributed by atoms with Gasteiger partial charge in [-0.15, -0.1) is 0 Å². The lowest BCUT2D eigenvalue weighted by molar-refractivity contribution is -0.143. The van der Waals surface area contributed by atoms with Crippen LogP contribution in [0.4, 0.5) is 13.2 Å². The molecule has 0 aliphatic rings. The topological polar surface area (TPSA) is 59.8 Å². The van der Waals surface area contributed by atoms with Gasteiger partial charge in [0.05, 0.1) is 17.4 Å². The van der Waals surface area contributed by atoms with Crippen molar-refractivity contribution in [2.45, 2.75) is 12.6 Å². The van der Waals surface area contributed by atoms with Crippen LogP contribution in [0.1, 0.15) is 21.6 Å². The maximum atomic E-state index is 13.6. The minimum atomic E-state index is -4.77. The van der Waals surface area contributed by atoms with Gasteiger partial charge in [-0.1, -0.05) is 23.7 Å². The fourth-order valence-electron chi connectivity index (χ4n) is 2.55. The van der Waals surface area contributed by atoms with Gasteiger partial charge in [0.15, 0.2) is 5.69 Å². The molecule has 3 rings (SSSR count). The molecule has 9 heteroatoms. The Morgan fingerprint density at radius 2 is 2.00 bits per heavy atom. The zero-order valence-corrected chi connectivity index (χ0v) is 14.6. The van der Waals surface area contributed by atoms with E-state index in [0.717, 1.165) is 11.8 Å². The van der Waals surface area contributed by atoms with Crippen LogP contribution in [-0.4, -0.2) is 27.2 Å². The van der Waals surface area contributed by atoms with Crippen molar-refractivity contribution in [1.29, 1.82) is 0 Å². The molecule has 0 saturated carbocycles. The third kappa shape index (κ3) is 4.46. The average Bonchev–Trinajstić information content (AvgIpc) is 3.08. The van der Waals surface area contributed by atoms with Crippen LogP contribution in [0.5, 0.6) is 0 Å². The number of halogens is 4. The standard InChI is InChI=1S/C18H14ClF3N4O/c19-13-4-1-5-14(9-13)26-16(18(20,21)22)15(11-25-26)17(27)24-8-6-12-3-2-7-23-10-12/h1-5,7,9-11H,6,8H2,(H,24,27). The van der Waals surface area contributed by atoms with E-state index in [2.05, 4.69) is 15.4 Å². The average molecular weight is 395 g/mol. The van der Waals surface area contributed by atoms with Crippen molar-refractivity contribution in [3.63, 3.8) is 0 Å². The maximum Gasteiger partial charge on any atom is 0.434 e. The molecule has 0 unspecified atom stereocenters. The smallest absolute Gasteiger partial charge is 0.352 e. The van der Waals surface area contributed by atoms with E-state index in [4.69, 9.17) is 11.6 Å². The normalized spacial score (nSPS) is 11.4. The molecule has 140 valence electrons. The minimum absolute atomic E-state index is 0.115. The summed E-state index contributed by atoms with van der Waals surface area (Å²) in [5.74, 6) is -0.848. The third-order valence-corrected chi connectivity index (χ3v) is 3.99. The van der Waals surface area contributed by atoms with E-state index in [1.54, 1.807) is 18.5 Å². The van der Waals surface area contributed by atoms with Crippen LogP contribution in [0.15, 0.2) is 55.0 Å². The Morgan fingerprint density at radius 3 is 2.67 bits per heavy atom. The highest BCUT2D eigenvalue weighted by molar-refractivity contribution is 6.30. The quantitative estimate of drug-likeness (QED) is 0.713. The van der Waals surface area contributed by atoms with E-state index in [1.807, 2.05) is 6.07 Å². The zero-order chi connectivity index (χ0) is 19.4. The van der Waals surface area contributed by atoms with E-state index in [9.17, 15) is 18.0 Å². The van der Waals surface area contributed by atoms with Gasteiger partial charge in [0.2, 0.25) is 0 Å². The number of carbonyl (C=O) groups excluding carboxylic acids is 1. The SMILES string of the molecule is O=C(NCCc1cccnc1)c1cnn(-c2cccc(Cl)c2)c1C(F)(F)F. The summed E-state index contributed by atoms with van der Waals surface area (Å²) in [7, 11) is 0. The van der Waals surface area contributed by atoms with Gasteiger partial charge >= 0.3 is 6.18 Å². The van der Waals surface area contributed by atoms with E-state index >= 15 is 0 Å². The number of alkyl halides is 3. The number of rotatable bonds is 5. The van der Waals surface area contributed by atoms with Crippen molar-refractivity contribution in [3.05, 3.63) is 76.8 Å². The third-order valence-electron chi connectivity index (χ3n) is 3.76. The minimum Gasteiger partial charge on any atom is -0.352 e. The van der Waals surface area contributed by atoms with Gasteiger partial charge in [0.25, 0.3) is 5.91 Å².